The number of morpholine rings is 1. The Balaban J connectivity index is 1.89. The fourth-order valence-electron chi connectivity index (χ4n) is 2.13. The van der Waals surface area contributed by atoms with Gasteiger partial charge in [0.25, 0.3) is 0 Å². The van der Waals surface area contributed by atoms with E-state index in [9.17, 15) is 4.39 Å². The Morgan fingerprint density at radius 3 is 3.05 bits per heavy atom. The Kier molecular flexibility index (Phi) is 4.61. The lowest BCUT2D eigenvalue weighted by molar-refractivity contribution is -0.0563. The second-order valence-corrected chi connectivity index (χ2v) is 5.07. The number of nitrogens with zero attached hydrogens (tertiary/aromatic N) is 1. The van der Waals surface area contributed by atoms with Crippen LogP contribution in [-0.2, 0) is 4.74 Å². The molecule has 1 heterocycles. The molecule has 106 valence electrons. The third kappa shape index (κ3) is 3.81. The van der Waals surface area contributed by atoms with Crippen molar-refractivity contribution in [3.63, 3.8) is 0 Å². The number of benzene rings is 1. The highest BCUT2D eigenvalue weighted by Gasteiger charge is 2.22. The van der Waals surface area contributed by atoms with Gasteiger partial charge in [-0.15, -0.1) is 0 Å². The van der Waals surface area contributed by atoms with E-state index in [2.05, 4.69) is 18.7 Å². The van der Waals surface area contributed by atoms with Crippen LogP contribution in [0.1, 0.15) is 13.8 Å². The first kappa shape index (κ1) is 14.1. The first-order valence-corrected chi connectivity index (χ1v) is 6.59. The van der Waals surface area contributed by atoms with Crippen molar-refractivity contribution in [3.8, 4) is 5.75 Å². The molecule has 0 aromatic heterocycles. The molecule has 2 N–H and O–H groups in total. The minimum atomic E-state index is -0.349. The quantitative estimate of drug-likeness (QED) is 0.847. The first-order chi connectivity index (χ1) is 9.06. The molecule has 1 aromatic carbocycles. The summed E-state index contributed by atoms with van der Waals surface area (Å²) in [5.74, 6) is 0.0304. The molecule has 1 fully saturated rings. The Morgan fingerprint density at radius 1 is 1.53 bits per heavy atom. The Morgan fingerprint density at radius 2 is 2.32 bits per heavy atom. The van der Waals surface area contributed by atoms with Crippen LogP contribution in [0.5, 0.6) is 5.75 Å². The van der Waals surface area contributed by atoms with Gasteiger partial charge < -0.3 is 15.2 Å². The van der Waals surface area contributed by atoms with Crippen LogP contribution in [0.15, 0.2) is 18.2 Å². The minimum absolute atomic E-state index is 0.00110. The van der Waals surface area contributed by atoms with Crippen LogP contribution < -0.4 is 10.5 Å². The zero-order chi connectivity index (χ0) is 13.8. The fourth-order valence-corrected chi connectivity index (χ4v) is 2.13. The molecule has 1 aliphatic heterocycles. The van der Waals surface area contributed by atoms with E-state index >= 15 is 0 Å². The topological polar surface area (TPSA) is 47.7 Å². The Hall–Kier alpha value is -1.33. The summed E-state index contributed by atoms with van der Waals surface area (Å²) >= 11 is 0. The van der Waals surface area contributed by atoms with Crippen LogP contribution >= 0.6 is 0 Å². The van der Waals surface area contributed by atoms with E-state index in [4.69, 9.17) is 15.2 Å². The van der Waals surface area contributed by atoms with E-state index in [-0.39, 0.29) is 11.9 Å². The summed E-state index contributed by atoms with van der Waals surface area (Å²) in [5.41, 5.74) is 6.18. The number of anilines is 1. The number of nitrogen functional groups attached to an aromatic ring is 1. The molecular weight excluding hydrogens is 247 g/mol. The summed E-state index contributed by atoms with van der Waals surface area (Å²) in [4.78, 5) is 2.34. The minimum Gasteiger partial charge on any atom is -0.489 e. The van der Waals surface area contributed by atoms with Gasteiger partial charge >= 0.3 is 0 Å². The van der Waals surface area contributed by atoms with E-state index < -0.39 is 0 Å². The van der Waals surface area contributed by atoms with Gasteiger partial charge in [0, 0.05) is 25.2 Å². The van der Waals surface area contributed by atoms with Crippen LogP contribution in [-0.4, -0.2) is 43.3 Å². The number of halogens is 1. The van der Waals surface area contributed by atoms with Crippen LogP contribution in [0, 0.1) is 5.82 Å². The van der Waals surface area contributed by atoms with Gasteiger partial charge in [0.1, 0.15) is 24.3 Å². The van der Waals surface area contributed by atoms with E-state index in [0.29, 0.717) is 30.7 Å². The van der Waals surface area contributed by atoms with Gasteiger partial charge in [0.05, 0.1) is 12.3 Å². The van der Waals surface area contributed by atoms with Gasteiger partial charge in [-0.05, 0) is 26.0 Å². The average Bonchev–Trinajstić information content (AvgIpc) is 2.40. The van der Waals surface area contributed by atoms with Crippen LogP contribution in [0.25, 0.3) is 0 Å². The summed E-state index contributed by atoms with van der Waals surface area (Å²) in [6.07, 6.45) is -0.00110. The van der Waals surface area contributed by atoms with Gasteiger partial charge in [-0.1, -0.05) is 0 Å². The Labute approximate surface area is 113 Å². The smallest absolute Gasteiger partial charge is 0.145 e. The van der Waals surface area contributed by atoms with Gasteiger partial charge in [0.15, 0.2) is 0 Å². The SMILES string of the molecule is CC(C)N1CCOC(COc2cc(F)ccc2N)C1. The average molecular weight is 268 g/mol. The van der Waals surface area contributed by atoms with Crippen LogP contribution in [0.4, 0.5) is 10.1 Å². The van der Waals surface area contributed by atoms with Gasteiger partial charge in [-0.2, -0.15) is 0 Å². The highest BCUT2D eigenvalue weighted by molar-refractivity contribution is 5.52. The Bertz CT molecular complexity index is 426. The molecule has 19 heavy (non-hydrogen) atoms. The van der Waals surface area contributed by atoms with Crippen molar-refractivity contribution in [2.45, 2.75) is 26.0 Å². The van der Waals surface area contributed by atoms with Crippen LogP contribution in [0.3, 0.4) is 0 Å². The zero-order valence-electron chi connectivity index (χ0n) is 11.4. The molecule has 4 nitrogen and oxygen atoms in total. The molecule has 0 bridgehead atoms. The molecular formula is C14H21FN2O2. The predicted octanol–water partition coefficient (Wildman–Crippen LogP) is 1.90. The molecule has 0 aliphatic carbocycles. The monoisotopic (exact) mass is 268 g/mol. The van der Waals surface area contributed by atoms with Gasteiger partial charge in [0.2, 0.25) is 0 Å². The maximum absolute atomic E-state index is 13.1. The van der Waals surface area contributed by atoms with Gasteiger partial charge in [-0.3, -0.25) is 4.90 Å². The molecule has 0 saturated carbocycles. The van der Waals surface area contributed by atoms with E-state index in [1.54, 1.807) is 0 Å². The molecule has 0 radical (unpaired) electrons. The fraction of sp³-hybridized carbons (Fsp3) is 0.571. The molecule has 1 unspecified atom stereocenters. The van der Waals surface area contributed by atoms with E-state index in [0.717, 1.165) is 13.1 Å². The molecule has 2 rings (SSSR count). The lowest BCUT2D eigenvalue weighted by Crippen LogP contribution is -2.47. The molecule has 1 aromatic rings. The predicted molar refractivity (Wildman–Crippen MR) is 72.8 cm³/mol. The number of nitrogens with two attached hydrogens (primary N) is 1. The van der Waals surface area contributed by atoms with Crippen molar-refractivity contribution in [3.05, 3.63) is 24.0 Å². The molecule has 1 aliphatic rings. The summed E-state index contributed by atoms with van der Waals surface area (Å²) in [6, 6.07) is 4.62. The first-order valence-electron chi connectivity index (χ1n) is 6.59. The van der Waals surface area contributed by atoms with Crippen molar-refractivity contribution in [1.29, 1.82) is 0 Å². The lowest BCUT2D eigenvalue weighted by atomic mass is 10.2. The standard InChI is InChI=1S/C14H21FN2O2/c1-10(2)17-5-6-18-12(8-17)9-19-14-7-11(15)3-4-13(14)16/h3-4,7,10,12H,5-6,8-9,16H2,1-2H3. The summed E-state index contributed by atoms with van der Waals surface area (Å²) in [6.45, 7) is 7.17. The maximum Gasteiger partial charge on any atom is 0.145 e. The lowest BCUT2D eigenvalue weighted by Gasteiger charge is -2.35. The van der Waals surface area contributed by atoms with Crippen molar-refractivity contribution < 1.29 is 13.9 Å². The zero-order valence-corrected chi connectivity index (χ0v) is 11.4. The summed E-state index contributed by atoms with van der Waals surface area (Å²) in [5, 5.41) is 0. The molecule has 1 saturated heterocycles. The highest BCUT2D eigenvalue weighted by atomic mass is 19.1. The largest absolute Gasteiger partial charge is 0.489 e. The third-order valence-corrected chi connectivity index (χ3v) is 3.30. The summed E-state index contributed by atoms with van der Waals surface area (Å²) in [7, 11) is 0. The normalized spacial score (nSPS) is 20.7. The van der Waals surface area contributed by atoms with Crippen molar-refractivity contribution in [1.82, 2.24) is 4.90 Å². The van der Waals surface area contributed by atoms with Crippen molar-refractivity contribution >= 4 is 5.69 Å². The van der Waals surface area contributed by atoms with Crippen molar-refractivity contribution in [2.75, 3.05) is 32.0 Å². The molecule has 5 heteroatoms. The third-order valence-electron chi connectivity index (χ3n) is 3.30. The van der Waals surface area contributed by atoms with Crippen molar-refractivity contribution in [2.24, 2.45) is 0 Å². The van der Waals surface area contributed by atoms with E-state index in [1.165, 1.54) is 18.2 Å². The number of ether oxygens (including phenoxy) is 2. The van der Waals surface area contributed by atoms with Gasteiger partial charge in [-0.25, -0.2) is 4.39 Å². The van der Waals surface area contributed by atoms with Crippen LogP contribution in [0.2, 0.25) is 0 Å². The van der Waals surface area contributed by atoms with E-state index in [1.807, 2.05) is 0 Å². The molecule has 1 atom stereocenters. The maximum atomic E-state index is 13.1. The molecule has 0 amide bonds. The number of hydrogen-bond donors (Lipinski definition) is 1. The summed E-state index contributed by atoms with van der Waals surface area (Å²) < 4.78 is 24.3. The molecule has 0 spiro atoms. The highest BCUT2D eigenvalue weighted by Crippen LogP contribution is 2.22. The number of rotatable bonds is 4. The number of hydrogen-bond acceptors (Lipinski definition) is 4. The second-order valence-electron chi connectivity index (χ2n) is 5.07. The second kappa shape index (κ2) is 6.21.